The van der Waals surface area contributed by atoms with Gasteiger partial charge in [-0.2, -0.15) is 0 Å². The molecule has 1 heterocycles. The van der Waals surface area contributed by atoms with Crippen LogP contribution in [0.15, 0.2) is 5.10 Å². The maximum Gasteiger partial charge on any atom is 0.297 e. The number of methoxy groups -OCH3 is 1. The van der Waals surface area contributed by atoms with Gasteiger partial charge in [-0.3, -0.25) is 0 Å². The van der Waals surface area contributed by atoms with Gasteiger partial charge < -0.3 is 9.47 Å². The smallest absolute Gasteiger partial charge is 0.297 e. The molecule has 0 fully saturated rings. The number of nitrogens with one attached hydrogen (secondary N) is 1. The van der Waals surface area contributed by atoms with Crippen LogP contribution < -0.4 is 5.43 Å². The van der Waals surface area contributed by atoms with E-state index < -0.39 is 0 Å². The Labute approximate surface area is 47.5 Å². The van der Waals surface area contributed by atoms with E-state index in [1.807, 2.05) is 0 Å². The van der Waals surface area contributed by atoms with Crippen molar-refractivity contribution in [2.45, 2.75) is 13.3 Å². The maximum atomic E-state index is 4.93. The van der Waals surface area contributed by atoms with Crippen molar-refractivity contribution in [2.75, 3.05) is 7.11 Å². The molecule has 1 aliphatic rings. The fraction of sp³-hybridized carbons (Fsp3) is 0.750. The number of hydrazone groups is 1. The van der Waals surface area contributed by atoms with Gasteiger partial charge in [0.15, 0.2) is 0 Å². The van der Waals surface area contributed by atoms with Gasteiger partial charge in [-0.1, -0.05) is 0 Å². The van der Waals surface area contributed by atoms with E-state index >= 15 is 0 Å². The summed E-state index contributed by atoms with van der Waals surface area (Å²) in [5.74, 6) is 0.608. The molecule has 0 saturated heterocycles. The summed E-state index contributed by atoms with van der Waals surface area (Å²) in [5.41, 5.74) is 2.60. The van der Waals surface area contributed by atoms with Crippen LogP contribution in [0.3, 0.4) is 0 Å². The molecular weight excluding hydrogens is 108 g/mol. The highest BCUT2D eigenvalue weighted by Crippen LogP contribution is 1.96. The monoisotopic (exact) mass is 116 g/mol. The number of hydrogen-bond acceptors (Lipinski definition) is 4. The van der Waals surface area contributed by atoms with Gasteiger partial charge in [-0.25, -0.2) is 5.43 Å². The fourth-order valence-electron chi connectivity index (χ4n) is 0.452. The average molecular weight is 116 g/mol. The molecule has 0 saturated carbocycles. The number of nitrogens with zero attached hydrogens (tertiary/aromatic N) is 1. The van der Waals surface area contributed by atoms with Crippen LogP contribution in [-0.2, 0) is 9.47 Å². The van der Waals surface area contributed by atoms with Crippen LogP contribution in [0.5, 0.6) is 0 Å². The van der Waals surface area contributed by atoms with Gasteiger partial charge in [0, 0.05) is 14.0 Å². The Morgan fingerprint density at radius 1 is 1.88 bits per heavy atom. The van der Waals surface area contributed by atoms with E-state index in [9.17, 15) is 0 Å². The Bertz CT molecular complexity index is 113. The summed E-state index contributed by atoms with van der Waals surface area (Å²) in [6, 6.07) is 0. The number of hydrogen-bond donors (Lipinski definition) is 1. The normalized spacial score (nSPS) is 26.2. The molecule has 46 valence electrons. The lowest BCUT2D eigenvalue weighted by Gasteiger charge is -2.05. The Morgan fingerprint density at radius 2 is 2.62 bits per heavy atom. The molecule has 0 aromatic rings. The van der Waals surface area contributed by atoms with E-state index in [4.69, 9.17) is 9.47 Å². The van der Waals surface area contributed by atoms with Crippen molar-refractivity contribution in [3.05, 3.63) is 0 Å². The van der Waals surface area contributed by atoms with Crippen molar-refractivity contribution in [3.8, 4) is 0 Å². The summed E-state index contributed by atoms with van der Waals surface area (Å²) in [6.07, 6.45) is -0.380. The molecule has 0 amide bonds. The third-order valence-electron chi connectivity index (χ3n) is 0.819. The predicted molar refractivity (Wildman–Crippen MR) is 28.1 cm³/mol. The van der Waals surface area contributed by atoms with Gasteiger partial charge in [-0.15, -0.1) is 5.10 Å². The lowest BCUT2D eigenvalue weighted by atomic mass is 10.8. The molecule has 1 rings (SSSR count). The average Bonchev–Trinajstić information content (AvgIpc) is 2.14. The summed E-state index contributed by atoms with van der Waals surface area (Å²) < 4.78 is 9.66. The quantitative estimate of drug-likeness (QED) is 0.519. The highest BCUT2D eigenvalue weighted by atomic mass is 16.7. The molecule has 0 radical (unpaired) electrons. The minimum Gasteiger partial charge on any atom is -0.431 e. The molecule has 0 bridgehead atoms. The maximum absolute atomic E-state index is 4.93. The van der Waals surface area contributed by atoms with Gasteiger partial charge in [0.25, 0.3) is 6.41 Å². The molecule has 1 N–H and O–H groups in total. The lowest BCUT2D eigenvalue weighted by molar-refractivity contribution is -0.0685. The predicted octanol–water partition coefficient (Wildman–Crippen LogP) is -0.130. The van der Waals surface area contributed by atoms with Crippen molar-refractivity contribution in [1.29, 1.82) is 0 Å². The summed E-state index contributed by atoms with van der Waals surface area (Å²) >= 11 is 0. The topological polar surface area (TPSA) is 42.8 Å². The van der Waals surface area contributed by atoms with E-state index in [0.29, 0.717) is 5.90 Å². The standard InChI is InChI=1S/C4H8N2O2/c1-3-5-6-4(7-2)8-3/h4,6H,1-2H3. The van der Waals surface area contributed by atoms with Gasteiger partial charge in [0.05, 0.1) is 0 Å². The van der Waals surface area contributed by atoms with Gasteiger partial charge >= 0.3 is 0 Å². The summed E-state index contributed by atoms with van der Waals surface area (Å²) in [5, 5.41) is 3.71. The highest BCUT2D eigenvalue weighted by Gasteiger charge is 2.12. The van der Waals surface area contributed by atoms with Crippen LogP contribution >= 0.6 is 0 Å². The third-order valence-corrected chi connectivity index (χ3v) is 0.819. The summed E-state index contributed by atoms with van der Waals surface area (Å²) in [4.78, 5) is 0. The van der Waals surface area contributed by atoms with Crippen molar-refractivity contribution in [1.82, 2.24) is 5.43 Å². The molecule has 0 aromatic carbocycles. The van der Waals surface area contributed by atoms with Gasteiger partial charge in [0.2, 0.25) is 5.90 Å². The van der Waals surface area contributed by atoms with Gasteiger partial charge in [-0.05, 0) is 0 Å². The molecule has 4 heteroatoms. The zero-order valence-electron chi connectivity index (χ0n) is 4.84. The Balaban J connectivity index is 2.32. The lowest BCUT2D eigenvalue weighted by Crippen LogP contribution is -2.23. The zero-order valence-corrected chi connectivity index (χ0v) is 4.84. The van der Waals surface area contributed by atoms with E-state index in [1.54, 1.807) is 14.0 Å². The Morgan fingerprint density at radius 3 is 2.88 bits per heavy atom. The molecule has 1 atom stereocenters. The molecule has 8 heavy (non-hydrogen) atoms. The summed E-state index contributed by atoms with van der Waals surface area (Å²) in [7, 11) is 1.55. The first-order valence-corrected chi connectivity index (χ1v) is 2.32. The second kappa shape index (κ2) is 2.00. The van der Waals surface area contributed by atoms with E-state index in [2.05, 4.69) is 10.5 Å². The van der Waals surface area contributed by atoms with E-state index in [-0.39, 0.29) is 6.41 Å². The first-order valence-electron chi connectivity index (χ1n) is 2.32. The van der Waals surface area contributed by atoms with Crippen molar-refractivity contribution in [2.24, 2.45) is 5.10 Å². The van der Waals surface area contributed by atoms with E-state index in [0.717, 1.165) is 0 Å². The zero-order chi connectivity index (χ0) is 5.98. The minimum atomic E-state index is -0.380. The van der Waals surface area contributed by atoms with Crippen LogP contribution in [0, 0.1) is 0 Å². The van der Waals surface area contributed by atoms with Crippen molar-refractivity contribution >= 4 is 5.90 Å². The molecule has 1 aliphatic heterocycles. The van der Waals surface area contributed by atoms with Crippen molar-refractivity contribution in [3.63, 3.8) is 0 Å². The molecule has 4 nitrogen and oxygen atoms in total. The molecule has 0 aliphatic carbocycles. The first kappa shape index (κ1) is 5.37. The molecule has 0 aromatic heterocycles. The minimum absolute atomic E-state index is 0.380. The van der Waals surface area contributed by atoms with Crippen molar-refractivity contribution < 1.29 is 9.47 Å². The largest absolute Gasteiger partial charge is 0.431 e. The number of rotatable bonds is 1. The van der Waals surface area contributed by atoms with Crippen LogP contribution in [0.4, 0.5) is 0 Å². The molecule has 0 spiro atoms. The Kier molecular flexibility index (Phi) is 1.34. The first-order chi connectivity index (χ1) is 3.83. The number of ether oxygens (including phenoxy) is 2. The third kappa shape index (κ3) is 0.894. The fourth-order valence-corrected chi connectivity index (χ4v) is 0.452. The SMILES string of the molecule is COC1NN=C(C)O1. The second-order valence-electron chi connectivity index (χ2n) is 1.45. The van der Waals surface area contributed by atoms with E-state index in [1.165, 1.54) is 0 Å². The molecule has 1 unspecified atom stereocenters. The second-order valence-corrected chi connectivity index (χ2v) is 1.45. The van der Waals surface area contributed by atoms with Gasteiger partial charge in [0.1, 0.15) is 0 Å². The van der Waals surface area contributed by atoms with Crippen LogP contribution in [-0.4, -0.2) is 19.4 Å². The summed E-state index contributed by atoms with van der Waals surface area (Å²) in [6.45, 7) is 1.76. The van der Waals surface area contributed by atoms with Crippen LogP contribution in [0.25, 0.3) is 0 Å². The Hall–Kier alpha value is -0.770. The molecular formula is C4H8N2O2. The highest BCUT2D eigenvalue weighted by molar-refractivity contribution is 5.73. The van der Waals surface area contributed by atoms with Crippen LogP contribution in [0.2, 0.25) is 0 Å². The van der Waals surface area contributed by atoms with Crippen LogP contribution in [0.1, 0.15) is 6.92 Å².